The Balaban J connectivity index is 4.19. The van der Waals surface area contributed by atoms with Crippen molar-refractivity contribution in [3.8, 4) is 0 Å². The van der Waals surface area contributed by atoms with E-state index in [-0.39, 0.29) is 32.0 Å². The first-order valence-corrected chi connectivity index (χ1v) is 26.1. The number of allylic oxidation sites excluding steroid dienone is 4. The first-order valence-electron chi connectivity index (χ1n) is 24.6. The van der Waals surface area contributed by atoms with Gasteiger partial charge in [0.2, 0.25) is 0 Å². The molecule has 2 unspecified atom stereocenters. The monoisotopic (exact) mass is 856 g/mol. The van der Waals surface area contributed by atoms with Gasteiger partial charge in [-0.25, -0.2) is 4.57 Å². The maximum Gasteiger partial charge on any atom is 0.472 e. The minimum Gasteiger partial charge on any atom is -0.462 e. The van der Waals surface area contributed by atoms with E-state index in [2.05, 4.69) is 38.2 Å². The molecule has 0 spiro atoms. The van der Waals surface area contributed by atoms with Gasteiger partial charge in [0.15, 0.2) is 6.10 Å². The maximum atomic E-state index is 12.7. The molecule has 0 aliphatic carbocycles. The Bertz CT molecular complexity index is 1040. The van der Waals surface area contributed by atoms with Crippen molar-refractivity contribution in [2.45, 2.75) is 238 Å². The minimum absolute atomic E-state index is 0.00903. The van der Waals surface area contributed by atoms with Crippen molar-refractivity contribution < 1.29 is 37.6 Å². The molecule has 0 saturated carbocycles. The Morgan fingerprint density at radius 2 is 0.915 bits per heavy atom. The van der Waals surface area contributed by atoms with Crippen LogP contribution in [0.15, 0.2) is 24.3 Å². The van der Waals surface area contributed by atoms with E-state index in [4.69, 9.17) is 18.5 Å². The van der Waals surface area contributed by atoms with Crippen molar-refractivity contribution in [1.29, 1.82) is 0 Å². The quantitative estimate of drug-likeness (QED) is 0.0277. The summed E-state index contributed by atoms with van der Waals surface area (Å²) in [6, 6.07) is 0. The molecule has 0 saturated heterocycles. The van der Waals surface area contributed by atoms with Crippen molar-refractivity contribution >= 4 is 19.8 Å². The highest BCUT2D eigenvalue weighted by Gasteiger charge is 2.26. The van der Waals surface area contributed by atoms with Gasteiger partial charge in [0.1, 0.15) is 6.61 Å². The van der Waals surface area contributed by atoms with Crippen LogP contribution in [0.1, 0.15) is 232 Å². The van der Waals surface area contributed by atoms with Crippen molar-refractivity contribution in [1.82, 2.24) is 4.90 Å². The van der Waals surface area contributed by atoms with E-state index < -0.39 is 26.5 Å². The lowest BCUT2D eigenvalue weighted by molar-refractivity contribution is -0.161. The molecular weight excluding hydrogens is 762 g/mol. The molecule has 59 heavy (non-hydrogen) atoms. The van der Waals surface area contributed by atoms with E-state index in [9.17, 15) is 19.0 Å². The Morgan fingerprint density at radius 1 is 0.525 bits per heavy atom. The third kappa shape index (κ3) is 45.8. The molecular formula is C49H94NO8P. The zero-order valence-corrected chi connectivity index (χ0v) is 39.9. The lowest BCUT2D eigenvalue weighted by Crippen LogP contribution is -2.29. The van der Waals surface area contributed by atoms with E-state index >= 15 is 0 Å². The van der Waals surface area contributed by atoms with Crippen LogP contribution >= 0.6 is 7.82 Å². The normalized spacial score (nSPS) is 13.5. The van der Waals surface area contributed by atoms with Crippen LogP contribution in [0, 0.1) is 0 Å². The summed E-state index contributed by atoms with van der Waals surface area (Å²) in [5.41, 5.74) is 0. The molecule has 0 rings (SSSR count). The third-order valence-electron chi connectivity index (χ3n) is 10.8. The first kappa shape index (κ1) is 57.5. The lowest BCUT2D eigenvalue weighted by Gasteiger charge is -2.20. The standard InChI is InChI=1S/C49H94NO8P/c1-5-7-9-11-13-15-17-19-21-23-24-26-27-29-31-33-35-37-39-41-48(51)55-45-47(46-57-59(53,54)56-44-43-50(3)4)58-49(52)42-40-38-36-34-32-30-28-25-22-20-18-16-14-12-10-8-6-2/h13,15,19,21,47H,5-12,14,16-18,20,22-46H2,1-4H3,(H,53,54)/b15-13-,21-19-. The topological polar surface area (TPSA) is 112 Å². The van der Waals surface area contributed by atoms with Crippen LogP contribution in [0.25, 0.3) is 0 Å². The number of ether oxygens (including phenoxy) is 2. The molecule has 348 valence electrons. The number of hydrogen-bond acceptors (Lipinski definition) is 8. The van der Waals surface area contributed by atoms with Gasteiger partial charge in [-0.2, -0.15) is 0 Å². The predicted molar refractivity (Wildman–Crippen MR) is 248 cm³/mol. The van der Waals surface area contributed by atoms with Gasteiger partial charge in [0.25, 0.3) is 0 Å². The number of nitrogens with zero attached hydrogens (tertiary/aromatic N) is 1. The number of rotatable bonds is 46. The number of carbonyl (C=O) groups is 2. The number of phosphoric ester groups is 1. The van der Waals surface area contributed by atoms with Crippen LogP contribution in [0.2, 0.25) is 0 Å². The van der Waals surface area contributed by atoms with E-state index in [1.54, 1.807) is 0 Å². The molecule has 0 aliphatic heterocycles. The average Bonchev–Trinajstić information content (AvgIpc) is 3.20. The van der Waals surface area contributed by atoms with E-state index in [1.807, 2.05) is 19.0 Å². The Hall–Kier alpha value is -1.51. The van der Waals surface area contributed by atoms with Crippen LogP contribution in [0.3, 0.4) is 0 Å². The van der Waals surface area contributed by atoms with Crippen LogP contribution in [0.5, 0.6) is 0 Å². The summed E-state index contributed by atoms with van der Waals surface area (Å²) < 4.78 is 33.6. The molecule has 0 fully saturated rings. The van der Waals surface area contributed by atoms with E-state index in [0.717, 1.165) is 38.5 Å². The zero-order chi connectivity index (χ0) is 43.3. The van der Waals surface area contributed by atoms with Crippen molar-refractivity contribution in [3.05, 3.63) is 24.3 Å². The van der Waals surface area contributed by atoms with E-state index in [1.165, 1.54) is 161 Å². The smallest absolute Gasteiger partial charge is 0.462 e. The summed E-state index contributed by atoms with van der Waals surface area (Å²) in [6.45, 7) is 4.33. The fourth-order valence-electron chi connectivity index (χ4n) is 6.95. The molecule has 1 N–H and O–H groups in total. The molecule has 9 nitrogen and oxygen atoms in total. The second-order valence-electron chi connectivity index (χ2n) is 17.0. The van der Waals surface area contributed by atoms with Gasteiger partial charge in [0.05, 0.1) is 13.2 Å². The second kappa shape index (κ2) is 44.5. The number of unbranched alkanes of at least 4 members (excludes halogenated alkanes) is 28. The SMILES string of the molecule is CCCCC/C=C\C/C=C\CCCCCCCCCCCC(=O)OCC(COP(=O)(O)OCCN(C)C)OC(=O)CCCCCCCCCCCCCCCCCCC. The Kier molecular flexibility index (Phi) is 43.4. The van der Waals surface area contributed by atoms with Crippen LogP contribution in [-0.2, 0) is 32.7 Å². The molecule has 10 heteroatoms. The minimum atomic E-state index is -4.36. The van der Waals surface area contributed by atoms with Crippen LogP contribution < -0.4 is 0 Å². The van der Waals surface area contributed by atoms with Gasteiger partial charge >= 0.3 is 19.8 Å². The molecule has 0 radical (unpaired) electrons. The summed E-state index contributed by atoms with van der Waals surface area (Å²) in [5.74, 6) is -0.795. The summed E-state index contributed by atoms with van der Waals surface area (Å²) in [7, 11) is -0.706. The first-order chi connectivity index (χ1) is 28.7. The number of esters is 2. The van der Waals surface area contributed by atoms with Crippen molar-refractivity contribution in [2.24, 2.45) is 0 Å². The summed E-state index contributed by atoms with van der Waals surface area (Å²) in [5, 5.41) is 0. The van der Waals surface area contributed by atoms with Crippen molar-refractivity contribution in [3.63, 3.8) is 0 Å². The largest absolute Gasteiger partial charge is 0.472 e. The Labute approximate surface area is 364 Å². The highest BCUT2D eigenvalue weighted by atomic mass is 31.2. The summed E-state index contributed by atoms with van der Waals surface area (Å²) in [6.07, 6.45) is 47.9. The van der Waals surface area contributed by atoms with Gasteiger partial charge in [-0.05, 0) is 59.0 Å². The number of carbonyl (C=O) groups excluding carboxylic acids is 2. The molecule has 0 heterocycles. The number of likely N-dealkylation sites (N-methyl/N-ethyl adjacent to an activating group) is 1. The predicted octanol–water partition coefficient (Wildman–Crippen LogP) is 14.6. The molecule has 0 aromatic heterocycles. The molecule has 0 amide bonds. The maximum absolute atomic E-state index is 12.7. The van der Waals surface area contributed by atoms with Gasteiger partial charge in [0, 0.05) is 19.4 Å². The fourth-order valence-corrected chi connectivity index (χ4v) is 7.70. The molecule has 0 aliphatic rings. The number of phosphoric acid groups is 1. The summed E-state index contributed by atoms with van der Waals surface area (Å²) in [4.78, 5) is 37.2. The van der Waals surface area contributed by atoms with Crippen molar-refractivity contribution in [2.75, 3.05) is 40.5 Å². The highest BCUT2D eigenvalue weighted by molar-refractivity contribution is 7.47. The zero-order valence-electron chi connectivity index (χ0n) is 39.0. The fraction of sp³-hybridized carbons (Fsp3) is 0.878. The van der Waals surface area contributed by atoms with Gasteiger partial charge in [-0.1, -0.05) is 199 Å². The van der Waals surface area contributed by atoms with Crippen LogP contribution in [-0.4, -0.2) is 68.3 Å². The summed E-state index contributed by atoms with van der Waals surface area (Å²) >= 11 is 0. The average molecular weight is 856 g/mol. The molecule has 0 aromatic carbocycles. The van der Waals surface area contributed by atoms with E-state index in [0.29, 0.717) is 13.0 Å². The molecule has 2 atom stereocenters. The lowest BCUT2D eigenvalue weighted by atomic mass is 10.0. The molecule has 0 aromatic rings. The highest BCUT2D eigenvalue weighted by Crippen LogP contribution is 2.43. The van der Waals surface area contributed by atoms with Gasteiger partial charge < -0.3 is 19.3 Å². The third-order valence-corrected chi connectivity index (χ3v) is 11.7. The Morgan fingerprint density at radius 3 is 1.37 bits per heavy atom. The van der Waals surface area contributed by atoms with Crippen LogP contribution in [0.4, 0.5) is 0 Å². The van der Waals surface area contributed by atoms with Gasteiger partial charge in [-0.3, -0.25) is 18.6 Å². The van der Waals surface area contributed by atoms with Gasteiger partial charge in [-0.15, -0.1) is 0 Å². The second-order valence-corrected chi connectivity index (χ2v) is 18.5. The molecule has 0 bridgehead atoms. The number of hydrogen-bond donors (Lipinski definition) is 1.